The van der Waals surface area contributed by atoms with Gasteiger partial charge >= 0.3 is 33.3 Å². The van der Waals surface area contributed by atoms with Crippen LogP contribution in [0, 0.1) is 0 Å². The van der Waals surface area contributed by atoms with Gasteiger partial charge in [-0.15, -0.1) is 0 Å². The van der Waals surface area contributed by atoms with E-state index in [9.17, 15) is 0 Å². The SMILES string of the molecule is CC(=Nc1c(C(C)C)cccc1C(C)C)C1CCCC(C(C)=Nc2c(C(C)C)cccc2C(C)C)[OH+]1.[Cl][Fe][Cl]. The van der Waals surface area contributed by atoms with Crippen LogP contribution in [0.15, 0.2) is 46.4 Å². The van der Waals surface area contributed by atoms with Crippen LogP contribution in [-0.2, 0) is 13.1 Å². The molecule has 3 rings (SSSR count). The van der Waals surface area contributed by atoms with Crippen LogP contribution in [0.3, 0.4) is 0 Å². The monoisotopic (exact) mass is 615 g/mol. The van der Waals surface area contributed by atoms with E-state index >= 15 is 0 Å². The molecule has 1 heterocycles. The van der Waals surface area contributed by atoms with E-state index in [0.29, 0.717) is 23.7 Å². The van der Waals surface area contributed by atoms with Crippen LogP contribution < -0.4 is 0 Å². The summed E-state index contributed by atoms with van der Waals surface area (Å²) in [5, 5.41) is 0. The normalized spacial score (nSPS) is 18.8. The second kappa shape index (κ2) is 16.3. The van der Waals surface area contributed by atoms with Crippen molar-refractivity contribution in [3.05, 3.63) is 58.7 Å². The Balaban J connectivity index is 0.00000170. The Bertz CT molecular complexity index is 987. The van der Waals surface area contributed by atoms with Crippen molar-refractivity contribution in [2.24, 2.45) is 9.98 Å². The van der Waals surface area contributed by atoms with Crippen molar-refractivity contribution < 1.29 is 17.9 Å². The fourth-order valence-electron chi connectivity index (χ4n) is 5.29. The molecule has 2 aromatic carbocycles. The third-order valence-electron chi connectivity index (χ3n) is 7.54. The van der Waals surface area contributed by atoms with Crippen molar-refractivity contribution in [2.45, 2.75) is 124 Å². The number of nitrogens with zero attached hydrogens (tertiary/aromatic N) is 2. The summed E-state index contributed by atoms with van der Waals surface area (Å²) in [5.41, 5.74) is 9.91. The molecule has 1 aliphatic rings. The van der Waals surface area contributed by atoms with Gasteiger partial charge in [-0.2, -0.15) is 0 Å². The summed E-state index contributed by atoms with van der Waals surface area (Å²) in [4.78, 5) is 10.5. The van der Waals surface area contributed by atoms with Crippen LogP contribution in [0.5, 0.6) is 0 Å². The number of hydrogen-bond acceptors (Lipinski definition) is 2. The second-order valence-electron chi connectivity index (χ2n) is 11.9. The first kappa shape index (κ1) is 34.0. The molecular formula is C33H49Cl2FeN2O+. The van der Waals surface area contributed by atoms with Gasteiger partial charge in [0.15, 0.2) is 12.2 Å². The molecule has 2 aromatic rings. The van der Waals surface area contributed by atoms with E-state index in [1.54, 1.807) is 0 Å². The summed E-state index contributed by atoms with van der Waals surface area (Å²) in [6.45, 7) is 22.4. The molecule has 39 heavy (non-hydrogen) atoms. The van der Waals surface area contributed by atoms with Crippen LogP contribution in [0.1, 0.15) is 134 Å². The average molecular weight is 617 g/mol. The summed E-state index contributed by atoms with van der Waals surface area (Å²) in [7, 11) is 9.53. The molecule has 1 saturated heterocycles. The second-order valence-corrected chi connectivity index (χ2v) is 13.7. The molecule has 0 radical (unpaired) electrons. The third-order valence-corrected chi connectivity index (χ3v) is 7.54. The van der Waals surface area contributed by atoms with Crippen molar-refractivity contribution in [3.8, 4) is 0 Å². The maximum atomic E-state index is 5.31. The molecule has 0 amide bonds. The number of halogens is 2. The van der Waals surface area contributed by atoms with Crippen LogP contribution >= 0.6 is 20.2 Å². The molecule has 6 heteroatoms. The predicted molar refractivity (Wildman–Crippen MR) is 170 cm³/mol. The molecule has 0 bridgehead atoms. The number of ether oxygens (including phenoxy) is 1. The minimum atomic E-state index is 0.152. The quantitative estimate of drug-likeness (QED) is 0.161. The van der Waals surface area contributed by atoms with Crippen LogP contribution in [-0.4, -0.2) is 28.4 Å². The Morgan fingerprint density at radius 3 is 1.21 bits per heavy atom. The Kier molecular flexibility index (Phi) is 14.2. The molecule has 0 aromatic heterocycles. The average Bonchev–Trinajstić information content (AvgIpc) is 2.88. The number of para-hydroxylation sites is 2. The van der Waals surface area contributed by atoms with Crippen LogP contribution in [0.2, 0.25) is 0 Å². The Morgan fingerprint density at radius 2 is 0.949 bits per heavy atom. The summed E-state index contributed by atoms with van der Waals surface area (Å²) in [6, 6.07) is 13.3. The van der Waals surface area contributed by atoms with Gasteiger partial charge in [0.2, 0.25) is 0 Å². The van der Waals surface area contributed by atoms with E-state index in [0.717, 1.165) is 42.1 Å². The first-order valence-electron chi connectivity index (χ1n) is 14.3. The Morgan fingerprint density at radius 1 is 0.667 bits per heavy atom. The fraction of sp³-hybridized carbons (Fsp3) is 0.576. The molecule has 1 N–H and O–H groups in total. The molecular weight excluding hydrogens is 567 g/mol. The first-order valence-corrected chi connectivity index (χ1v) is 17.4. The van der Waals surface area contributed by atoms with E-state index in [1.807, 2.05) is 0 Å². The molecule has 1 fully saturated rings. The zero-order chi connectivity index (χ0) is 29.3. The van der Waals surface area contributed by atoms with Gasteiger partial charge in [0, 0.05) is 12.8 Å². The van der Waals surface area contributed by atoms with Gasteiger partial charge in [-0.05, 0) is 66.2 Å². The van der Waals surface area contributed by atoms with E-state index in [2.05, 4.69) is 106 Å². The number of hydrogen-bond donors (Lipinski definition) is 0. The molecule has 218 valence electrons. The summed E-state index contributed by atoms with van der Waals surface area (Å²) < 4.78 is 5.31. The molecule has 0 aliphatic carbocycles. The Hall–Kier alpha value is -1.16. The number of benzene rings is 2. The van der Waals surface area contributed by atoms with Gasteiger partial charge < -0.3 is 4.74 Å². The van der Waals surface area contributed by atoms with Crippen molar-refractivity contribution >= 4 is 43.0 Å². The van der Waals surface area contributed by atoms with Crippen molar-refractivity contribution in [1.29, 1.82) is 0 Å². The van der Waals surface area contributed by atoms with Gasteiger partial charge in [0.1, 0.15) is 0 Å². The molecule has 2 unspecified atom stereocenters. The number of aliphatic hydroxyl groups is 2. The minimum absolute atomic E-state index is 0.152. The summed E-state index contributed by atoms with van der Waals surface area (Å²) in [6.07, 6.45) is 3.60. The summed E-state index contributed by atoms with van der Waals surface area (Å²) >= 11 is 0.194. The van der Waals surface area contributed by atoms with Crippen molar-refractivity contribution in [1.82, 2.24) is 0 Å². The zero-order valence-corrected chi connectivity index (χ0v) is 28.1. The molecule has 1 aliphatic heterocycles. The van der Waals surface area contributed by atoms with Gasteiger partial charge in [-0.25, -0.2) is 9.98 Å². The molecule has 3 nitrogen and oxygen atoms in total. The van der Waals surface area contributed by atoms with Gasteiger partial charge in [0.05, 0.1) is 22.8 Å². The van der Waals surface area contributed by atoms with Gasteiger partial charge in [-0.1, -0.05) is 91.8 Å². The molecule has 2 atom stereocenters. The third kappa shape index (κ3) is 9.44. The van der Waals surface area contributed by atoms with Gasteiger partial charge in [-0.3, -0.25) is 0 Å². The van der Waals surface area contributed by atoms with E-state index in [1.165, 1.54) is 22.3 Å². The fourth-order valence-corrected chi connectivity index (χ4v) is 5.29. The van der Waals surface area contributed by atoms with Crippen LogP contribution in [0.4, 0.5) is 11.4 Å². The first-order chi connectivity index (χ1) is 18.4. The maximum absolute atomic E-state index is 5.31. The topological polar surface area (TPSA) is 37.5 Å². The molecule has 0 spiro atoms. The zero-order valence-electron chi connectivity index (χ0n) is 25.5. The number of rotatable bonds is 8. The molecule has 0 saturated carbocycles. The van der Waals surface area contributed by atoms with E-state index < -0.39 is 0 Å². The van der Waals surface area contributed by atoms with E-state index in [-0.39, 0.29) is 25.3 Å². The predicted octanol–water partition coefficient (Wildman–Crippen LogP) is 10.9. The van der Waals surface area contributed by atoms with Crippen molar-refractivity contribution in [2.75, 3.05) is 0 Å². The van der Waals surface area contributed by atoms with Crippen LogP contribution in [0.25, 0.3) is 0 Å². The van der Waals surface area contributed by atoms with Gasteiger partial charge in [0.25, 0.3) is 0 Å². The standard InChI is InChI=1S/C33H48N2O.2ClH.Fe/c1-20(2)26-14-11-15-27(21(3)4)32(26)34-24(9)30-18-13-19-31(36-30)25(10)35-33-28(22(5)6)16-12-17-29(33)23(7)8;;;/h11-12,14-17,20-23,30-31H,13,18-19H2,1-10H3;2*1H;/q;;;+2/p-1. The Labute approximate surface area is 252 Å². The van der Waals surface area contributed by atoms with E-state index in [4.69, 9.17) is 34.9 Å². The summed E-state index contributed by atoms with van der Waals surface area (Å²) in [5.74, 6) is 1.77. The number of aliphatic imine (C=N–C) groups is 2. The van der Waals surface area contributed by atoms with Crippen molar-refractivity contribution in [3.63, 3.8) is 0 Å².